The molecule has 0 amide bonds. The van der Waals surface area contributed by atoms with Gasteiger partial charge in [0, 0.05) is 6.42 Å². The fourth-order valence-electron chi connectivity index (χ4n) is 3.92. The number of carbonyl (C=O) groups excluding carboxylic acids is 1. The molecule has 6 heteroatoms. The van der Waals surface area contributed by atoms with Crippen molar-refractivity contribution in [2.75, 3.05) is 7.11 Å². The first-order valence-corrected chi connectivity index (χ1v) is 19.7. The lowest BCUT2D eigenvalue weighted by atomic mass is 10.00. The Morgan fingerprint density at radius 3 is 1.42 bits per heavy atom. The van der Waals surface area contributed by atoms with Crippen LogP contribution in [-0.4, -0.2) is 41.9 Å². The summed E-state index contributed by atoms with van der Waals surface area (Å²) in [5, 5.41) is 0. The minimum Gasteiger partial charge on any atom is -0.469 e. The Labute approximate surface area is 196 Å². The number of ether oxygens (including phenoxy) is 1. The molecule has 0 spiro atoms. The summed E-state index contributed by atoms with van der Waals surface area (Å²) in [6, 6.07) is 0. The van der Waals surface area contributed by atoms with Crippen LogP contribution in [0.2, 0.25) is 39.3 Å². The summed E-state index contributed by atoms with van der Waals surface area (Å²) in [7, 11) is -1.74. The molecule has 0 radical (unpaired) electrons. The van der Waals surface area contributed by atoms with E-state index in [2.05, 4.69) is 50.9 Å². The van der Waals surface area contributed by atoms with Crippen molar-refractivity contribution in [3.63, 3.8) is 0 Å². The van der Waals surface area contributed by atoms with E-state index in [0.29, 0.717) is 6.42 Å². The quantitative estimate of drug-likeness (QED) is 0.102. The van der Waals surface area contributed by atoms with Crippen molar-refractivity contribution in [2.45, 2.75) is 148 Å². The van der Waals surface area contributed by atoms with Crippen LogP contribution in [0.4, 0.5) is 0 Å². The normalized spacial score (nSPS) is 14.5. The van der Waals surface area contributed by atoms with Crippen LogP contribution in [0.15, 0.2) is 0 Å². The zero-order valence-electron chi connectivity index (χ0n) is 22.2. The van der Waals surface area contributed by atoms with E-state index >= 15 is 0 Å². The molecule has 0 aromatic carbocycles. The van der Waals surface area contributed by atoms with Gasteiger partial charge >= 0.3 is 5.97 Å². The maximum absolute atomic E-state index is 11.1. The highest BCUT2D eigenvalue weighted by molar-refractivity contribution is 6.70. The van der Waals surface area contributed by atoms with Crippen LogP contribution in [0.3, 0.4) is 0 Å². The van der Waals surface area contributed by atoms with Gasteiger partial charge in [-0.2, -0.15) is 0 Å². The van der Waals surface area contributed by atoms with E-state index in [1.165, 1.54) is 64.9 Å². The minimum absolute atomic E-state index is 0.0822. The molecule has 4 nitrogen and oxygen atoms in total. The van der Waals surface area contributed by atoms with E-state index in [1.807, 2.05) is 0 Å². The first-order valence-electron chi connectivity index (χ1n) is 12.9. The molecule has 2 unspecified atom stereocenters. The second kappa shape index (κ2) is 17.3. The molecule has 0 saturated carbocycles. The summed E-state index contributed by atoms with van der Waals surface area (Å²) in [5.74, 6) is -0.0822. The number of methoxy groups -OCH3 is 1. The van der Waals surface area contributed by atoms with Gasteiger partial charge in [-0.25, -0.2) is 0 Å². The van der Waals surface area contributed by atoms with E-state index in [-0.39, 0.29) is 18.2 Å². The summed E-state index contributed by atoms with van der Waals surface area (Å²) < 4.78 is 18.0. The van der Waals surface area contributed by atoms with Gasteiger partial charge in [0.15, 0.2) is 16.6 Å². The van der Waals surface area contributed by atoms with Crippen molar-refractivity contribution >= 4 is 22.6 Å². The second-order valence-electron chi connectivity index (χ2n) is 11.0. The number of hydrogen-bond acceptors (Lipinski definition) is 4. The predicted octanol–water partition coefficient (Wildman–Crippen LogP) is 8.08. The predicted molar refractivity (Wildman–Crippen MR) is 139 cm³/mol. The fraction of sp³-hybridized carbons (Fsp3) is 0.960. The summed E-state index contributed by atoms with van der Waals surface area (Å²) in [6.07, 6.45) is 16.8. The van der Waals surface area contributed by atoms with Crippen LogP contribution in [0, 0.1) is 0 Å². The number of unbranched alkanes of at least 4 members (excludes halogenated alkanes) is 9. The topological polar surface area (TPSA) is 44.8 Å². The molecule has 186 valence electrons. The molecule has 0 heterocycles. The molecule has 31 heavy (non-hydrogen) atoms. The SMILES string of the molecule is CCCCCC(O[Si](C)(C)C)C(CCCCCCCCCCC(=O)OC)O[Si](C)(C)C. The minimum atomic E-state index is -1.61. The average Bonchev–Trinajstić information content (AvgIpc) is 2.65. The Hall–Kier alpha value is -0.176. The van der Waals surface area contributed by atoms with Gasteiger partial charge in [0.25, 0.3) is 0 Å². The highest BCUT2D eigenvalue weighted by Gasteiger charge is 2.31. The van der Waals surface area contributed by atoms with E-state index in [1.54, 1.807) is 0 Å². The summed E-state index contributed by atoms with van der Waals surface area (Å²) in [6.45, 7) is 16.1. The first-order chi connectivity index (χ1) is 14.5. The molecule has 0 fully saturated rings. The first kappa shape index (κ1) is 30.8. The summed E-state index contributed by atoms with van der Waals surface area (Å²) in [4.78, 5) is 11.1. The molecule has 0 aromatic heterocycles. The van der Waals surface area contributed by atoms with Crippen molar-refractivity contribution in [1.82, 2.24) is 0 Å². The lowest BCUT2D eigenvalue weighted by Crippen LogP contribution is -2.44. The van der Waals surface area contributed by atoms with Gasteiger partial charge in [-0.15, -0.1) is 0 Å². The van der Waals surface area contributed by atoms with Gasteiger partial charge in [0.05, 0.1) is 19.3 Å². The molecular formula is C25H54O4Si2. The lowest BCUT2D eigenvalue weighted by Gasteiger charge is -2.36. The van der Waals surface area contributed by atoms with E-state index < -0.39 is 16.6 Å². The molecule has 0 saturated heterocycles. The van der Waals surface area contributed by atoms with Crippen molar-refractivity contribution in [2.24, 2.45) is 0 Å². The molecule has 0 aliphatic heterocycles. The Morgan fingerprint density at radius 1 is 0.645 bits per heavy atom. The molecule has 0 aromatic rings. The molecule has 0 aliphatic carbocycles. The molecule has 0 N–H and O–H groups in total. The molecule has 0 bridgehead atoms. The highest BCUT2D eigenvalue weighted by Crippen LogP contribution is 2.25. The van der Waals surface area contributed by atoms with Gasteiger partial charge in [0.2, 0.25) is 0 Å². The fourth-order valence-corrected chi connectivity index (χ4v) is 6.28. The smallest absolute Gasteiger partial charge is 0.305 e. The molecule has 0 rings (SSSR count). The van der Waals surface area contributed by atoms with Gasteiger partial charge < -0.3 is 13.6 Å². The number of carbonyl (C=O) groups is 1. The van der Waals surface area contributed by atoms with E-state index in [4.69, 9.17) is 8.85 Å². The van der Waals surface area contributed by atoms with E-state index in [0.717, 1.165) is 25.7 Å². The van der Waals surface area contributed by atoms with Crippen molar-refractivity contribution < 1.29 is 18.4 Å². The summed E-state index contributed by atoms with van der Waals surface area (Å²) >= 11 is 0. The Bertz CT molecular complexity index is 444. The van der Waals surface area contributed by atoms with Crippen LogP contribution in [-0.2, 0) is 18.4 Å². The zero-order valence-corrected chi connectivity index (χ0v) is 24.2. The lowest BCUT2D eigenvalue weighted by molar-refractivity contribution is -0.140. The van der Waals surface area contributed by atoms with Gasteiger partial charge in [-0.05, 0) is 58.5 Å². The van der Waals surface area contributed by atoms with Crippen LogP contribution in [0.25, 0.3) is 0 Å². The third-order valence-electron chi connectivity index (χ3n) is 5.36. The molecule has 2 atom stereocenters. The second-order valence-corrected chi connectivity index (χ2v) is 19.9. The van der Waals surface area contributed by atoms with Gasteiger partial charge in [0.1, 0.15) is 0 Å². The van der Waals surface area contributed by atoms with Gasteiger partial charge in [-0.1, -0.05) is 71.1 Å². The Kier molecular flexibility index (Phi) is 17.2. The molecule has 0 aliphatic rings. The third-order valence-corrected chi connectivity index (χ3v) is 7.38. The standard InChI is InChI=1S/C25H54O4Si2/c1-9-10-17-20-23(28-30(3,4)5)24(29-31(6,7)8)21-18-15-13-11-12-14-16-19-22-25(26)27-2/h23-24H,9-22H2,1-8H3. The number of rotatable bonds is 20. The van der Waals surface area contributed by atoms with Crippen LogP contribution in [0.1, 0.15) is 96.8 Å². The van der Waals surface area contributed by atoms with Gasteiger partial charge in [-0.3, -0.25) is 4.79 Å². The van der Waals surface area contributed by atoms with Crippen LogP contribution >= 0.6 is 0 Å². The van der Waals surface area contributed by atoms with Crippen LogP contribution < -0.4 is 0 Å². The van der Waals surface area contributed by atoms with Crippen molar-refractivity contribution in [1.29, 1.82) is 0 Å². The summed E-state index contributed by atoms with van der Waals surface area (Å²) in [5.41, 5.74) is 0. The van der Waals surface area contributed by atoms with Crippen LogP contribution in [0.5, 0.6) is 0 Å². The monoisotopic (exact) mass is 474 g/mol. The maximum Gasteiger partial charge on any atom is 0.305 e. The number of esters is 1. The highest BCUT2D eigenvalue weighted by atomic mass is 28.4. The van der Waals surface area contributed by atoms with Crippen molar-refractivity contribution in [3.05, 3.63) is 0 Å². The zero-order chi connectivity index (χ0) is 23.8. The maximum atomic E-state index is 11.1. The number of hydrogen-bond donors (Lipinski definition) is 0. The largest absolute Gasteiger partial charge is 0.469 e. The Morgan fingerprint density at radius 2 is 1.03 bits per heavy atom. The third kappa shape index (κ3) is 20.2. The van der Waals surface area contributed by atoms with E-state index in [9.17, 15) is 4.79 Å². The van der Waals surface area contributed by atoms with Crippen molar-refractivity contribution in [3.8, 4) is 0 Å². The Balaban J connectivity index is 4.38. The average molecular weight is 475 g/mol. The molecular weight excluding hydrogens is 420 g/mol.